The second kappa shape index (κ2) is 5.27. The number of hydrogen-bond acceptors (Lipinski definition) is 4. The fourth-order valence-corrected chi connectivity index (χ4v) is 2.29. The van der Waals surface area contributed by atoms with Gasteiger partial charge in [0.25, 0.3) is 0 Å². The van der Waals surface area contributed by atoms with Gasteiger partial charge >= 0.3 is 0 Å². The molecule has 5 heteroatoms. The standard InChI is InChI=1S/C13H15N3OS/c1-8-4-9(2)13(14-6-8)16-12(17)5-11-7-18-10(3)15-11/h4,6-7H,5H2,1-3H3,(H,14,16,17). The zero-order valence-electron chi connectivity index (χ0n) is 10.7. The van der Waals surface area contributed by atoms with E-state index in [0.29, 0.717) is 12.2 Å². The monoisotopic (exact) mass is 261 g/mol. The molecule has 2 aromatic heterocycles. The van der Waals surface area contributed by atoms with Crippen LogP contribution in [0.4, 0.5) is 5.82 Å². The molecule has 2 rings (SSSR count). The van der Waals surface area contributed by atoms with Crippen molar-refractivity contribution in [2.75, 3.05) is 5.32 Å². The molecule has 0 atom stereocenters. The molecule has 1 amide bonds. The van der Waals surface area contributed by atoms with Gasteiger partial charge in [0.2, 0.25) is 5.91 Å². The third-order valence-corrected chi connectivity index (χ3v) is 3.30. The van der Waals surface area contributed by atoms with Gasteiger partial charge in [-0.05, 0) is 31.9 Å². The van der Waals surface area contributed by atoms with Crippen LogP contribution in [0.25, 0.3) is 0 Å². The molecule has 0 aromatic carbocycles. The zero-order valence-corrected chi connectivity index (χ0v) is 11.5. The van der Waals surface area contributed by atoms with Crippen LogP contribution in [0.15, 0.2) is 17.6 Å². The van der Waals surface area contributed by atoms with E-state index in [1.165, 1.54) is 0 Å². The molecule has 1 N–H and O–H groups in total. The van der Waals surface area contributed by atoms with Crippen molar-refractivity contribution in [3.63, 3.8) is 0 Å². The van der Waals surface area contributed by atoms with Crippen LogP contribution in [-0.2, 0) is 11.2 Å². The van der Waals surface area contributed by atoms with E-state index in [1.54, 1.807) is 17.5 Å². The Kier molecular flexibility index (Phi) is 3.72. The summed E-state index contributed by atoms with van der Waals surface area (Å²) in [6.45, 7) is 5.84. The highest BCUT2D eigenvalue weighted by atomic mass is 32.1. The van der Waals surface area contributed by atoms with Crippen LogP contribution in [0, 0.1) is 20.8 Å². The highest BCUT2D eigenvalue weighted by Crippen LogP contribution is 2.13. The summed E-state index contributed by atoms with van der Waals surface area (Å²) in [7, 11) is 0. The first-order chi connectivity index (χ1) is 8.54. The van der Waals surface area contributed by atoms with E-state index >= 15 is 0 Å². The minimum absolute atomic E-state index is 0.0836. The number of amides is 1. The van der Waals surface area contributed by atoms with E-state index in [-0.39, 0.29) is 5.91 Å². The third-order valence-electron chi connectivity index (χ3n) is 2.48. The summed E-state index contributed by atoms with van der Waals surface area (Å²) in [5.74, 6) is 0.539. The van der Waals surface area contributed by atoms with Crippen molar-refractivity contribution >= 4 is 23.1 Å². The van der Waals surface area contributed by atoms with Crippen molar-refractivity contribution in [1.29, 1.82) is 0 Å². The van der Waals surface area contributed by atoms with E-state index in [1.807, 2.05) is 32.2 Å². The maximum absolute atomic E-state index is 11.8. The van der Waals surface area contributed by atoms with Crippen molar-refractivity contribution in [3.8, 4) is 0 Å². The molecule has 2 aromatic rings. The molecule has 0 aliphatic carbocycles. The summed E-state index contributed by atoms with van der Waals surface area (Å²) in [6.07, 6.45) is 2.04. The fourth-order valence-electron chi connectivity index (χ4n) is 1.68. The lowest BCUT2D eigenvalue weighted by Gasteiger charge is -2.07. The highest BCUT2D eigenvalue weighted by molar-refractivity contribution is 7.09. The van der Waals surface area contributed by atoms with Gasteiger partial charge in [-0.15, -0.1) is 11.3 Å². The SMILES string of the molecule is Cc1cnc(NC(=O)Cc2csc(C)n2)c(C)c1. The normalized spacial score (nSPS) is 10.4. The molecule has 0 spiro atoms. The minimum Gasteiger partial charge on any atom is -0.310 e. The number of hydrogen-bond donors (Lipinski definition) is 1. The Balaban J connectivity index is 2.03. The lowest BCUT2D eigenvalue weighted by atomic mass is 10.2. The van der Waals surface area contributed by atoms with Crippen molar-refractivity contribution in [2.24, 2.45) is 0 Å². The summed E-state index contributed by atoms with van der Waals surface area (Å²) >= 11 is 1.55. The number of pyridine rings is 1. The molecular formula is C13H15N3OS. The fraction of sp³-hybridized carbons (Fsp3) is 0.308. The number of thiazole rings is 1. The molecule has 4 nitrogen and oxygen atoms in total. The van der Waals surface area contributed by atoms with Gasteiger partial charge in [0, 0.05) is 11.6 Å². The number of carbonyl (C=O) groups is 1. The van der Waals surface area contributed by atoms with E-state index in [0.717, 1.165) is 21.8 Å². The number of aryl methyl sites for hydroxylation is 3. The van der Waals surface area contributed by atoms with Gasteiger partial charge in [0.15, 0.2) is 0 Å². The molecule has 0 bridgehead atoms. The molecule has 0 aliphatic heterocycles. The summed E-state index contributed by atoms with van der Waals surface area (Å²) < 4.78 is 0. The Hall–Kier alpha value is -1.75. The smallest absolute Gasteiger partial charge is 0.231 e. The quantitative estimate of drug-likeness (QED) is 0.924. The van der Waals surface area contributed by atoms with Crippen LogP contribution in [0.2, 0.25) is 0 Å². The van der Waals surface area contributed by atoms with Gasteiger partial charge in [-0.2, -0.15) is 0 Å². The van der Waals surface area contributed by atoms with E-state index in [9.17, 15) is 4.79 Å². The van der Waals surface area contributed by atoms with Crippen LogP contribution < -0.4 is 5.32 Å². The highest BCUT2D eigenvalue weighted by Gasteiger charge is 2.09. The largest absolute Gasteiger partial charge is 0.310 e. The van der Waals surface area contributed by atoms with Crippen molar-refractivity contribution in [2.45, 2.75) is 27.2 Å². The number of carbonyl (C=O) groups excluding carboxylic acids is 1. The molecule has 0 unspecified atom stereocenters. The number of nitrogens with zero attached hydrogens (tertiary/aromatic N) is 2. The molecule has 2 heterocycles. The Morgan fingerprint density at radius 1 is 1.39 bits per heavy atom. The first-order valence-electron chi connectivity index (χ1n) is 5.68. The summed E-state index contributed by atoms with van der Waals surface area (Å²) in [5, 5.41) is 5.69. The molecule has 0 saturated heterocycles. The van der Waals surface area contributed by atoms with Crippen LogP contribution in [-0.4, -0.2) is 15.9 Å². The first-order valence-corrected chi connectivity index (χ1v) is 6.56. The average molecular weight is 261 g/mol. The number of aromatic nitrogens is 2. The average Bonchev–Trinajstić information content (AvgIpc) is 2.68. The Morgan fingerprint density at radius 3 is 2.78 bits per heavy atom. The minimum atomic E-state index is -0.0836. The number of rotatable bonds is 3. The number of anilines is 1. The molecule has 0 saturated carbocycles. The number of nitrogens with one attached hydrogen (secondary N) is 1. The molecule has 94 valence electrons. The van der Waals surface area contributed by atoms with Crippen LogP contribution in [0.1, 0.15) is 21.8 Å². The van der Waals surface area contributed by atoms with Gasteiger partial charge in [-0.1, -0.05) is 6.07 Å². The van der Waals surface area contributed by atoms with Crippen LogP contribution >= 0.6 is 11.3 Å². The molecule has 0 fully saturated rings. The second-order valence-electron chi connectivity index (χ2n) is 4.26. The van der Waals surface area contributed by atoms with Gasteiger partial charge < -0.3 is 5.32 Å². The van der Waals surface area contributed by atoms with E-state index < -0.39 is 0 Å². The Morgan fingerprint density at radius 2 is 2.17 bits per heavy atom. The first kappa shape index (κ1) is 12.7. The van der Waals surface area contributed by atoms with Crippen molar-refractivity contribution in [3.05, 3.63) is 39.5 Å². The molecular weight excluding hydrogens is 246 g/mol. The van der Waals surface area contributed by atoms with Crippen LogP contribution in [0.5, 0.6) is 0 Å². The molecule has 18 heavy (non-hydrogen) atoms. The third kappa shape index (κ3) is 3.13. The summed E-state index contributed by atoms with van der Waals surface area (Å²) in [5.41, 5.74) is 2.86. The van der Waals surface area contributed by atoms with Crippen LogP contribution in [0.3, 0.4) is 0 Å². The maximum Gasteiger partial charge on any atom is 0.231 e. The lowest BCUT2D eigenvalue weighted by Crippen LogP contribution is -2.16. The second-order valence-corrected chi connectivity index (χ2v) is 5.32. The Labute approximate surface area is 110 Å². The maximum atomic E-state index is 11.8. The van der Waals surface area contributed by atoms with Gasteiger partial charge in [0.1, 0.15) is 5.82 Å². The topological polar surface area (TPSA) is 54.9 Å². The van der Waals surface area contributed by atoms with Gasteiger partial charge in [-0.25, -0.2) is 9.97 Å². The molecule has 0 aliphatic rings. The lowest BCUT2D eigenvalue weighted by molar-refractivity contribution is -0.115. The van der Waals surface area contributed by atoms with Gasteiger partial charge in [-0.3, -0.25) is 4.79 Å². The molecule has 0 radical (unpaired) electrons. The van der Waals surface area contributed by atoms with Crippen molar-refractivity contribution in [1.82, 2.24) is 9.97 Å². The van der Waals surface area contributed by atoms with Crippen molar-refractivity contribution < 1.29 is 4.79 Å². The van der Waals surface area contributed by atoms with E-state index in [2.05, 4.69) is 15.3 Å². The zero-order chi connectivity index (χ0) is 13.1. The predicted octanol–water partition coefficient (Wildman–Crippen LogP) is 2.64. The summed E-state index contributed by atoms with van der Waals surface area (Å²) in [6, 6.07) is 2.00. The van der Waals surface area contributed by atoms with E-state index in [4.69, 9.17) is 0 Å². The Bertz CT molecular complexity index is 577. The predicted molar refractivity (Wildman–Crippen MR) is 72.9 cm³/mol. The summed E-state index contributed by atoms with van der Waals surface area (Å²) in [4.78, 5) is 20.3. The van der Waals surface area contributed by atoms with Gasteiger partial charge in [0.05, 0.1) is 17.1 Å².